The van der Waals surface area contributed by atoms with Gasteiger partial charge in [-0.3, -0.25) is 4.99 Å². The monoisotopic (exact) mass is 251 g/mol. The molecule has 0 bridgehead atoms. The van der Waals surface area contributed by atoms with Crippen molar-refractivity contribution < 1.29 is 0 Å². The zero-order valence-corrected chi connectivity index (χ0v) is 12.1. The van der Waals surface area contributed by atoms with Crippen molar-refractivity contribution in [3.63, 3.8) is 0 Å². The second kappa shape index (κ2) is 5.94. The lowest BCUT2D eigenvalue weighted by atomic mass is 9.78. The average Bonchev–Trinajstić information content (AvgIpc) is 2.92. The maximum atomic E-state index is 6.13. The second-order valence-electron chi connectivity index (χ2n) is 6.69. The summed E-state index contributed by atoms with van der Waals surface area (Å²) in [6, 6.07) is 0. The largest absolute Gasteiger partial charge is 0.370 e. The van der Waals surface area contributed by atoms with Gasteiger partial charge in [0.25, 0.3) is 0 Å². The van der Waals surface area contributed by atoms with Crippen LogP contribution in [-0.2, 0) is 0 Å². The van der Waals surface area contributed by atoms with Crippen LogP contribution in [0.2, 0.25) is 0 Å². The molecule has 0 unspecified atom stereocenters. The molecule has 104 valence electrons. The smallest absolute Gasteiger partial charge is 0.191 e. The Bertz CT molecular complexity index is 284. The zero-order chi connectivity index (χ0) is 13.0. The number of likely N-dealkylation sites (tertiary alicyclic amines) is 1. The third kappa shape index (κ3) is 3.39. The lowest BCUT2D eigenvalue weighted by Crippen LogP contribution is -2.41. The Morgan fingerprint density at radius 2 is 1.72 bits per heavy atom. The normalized spacial score (nSPS) is 23.7. The molecule has 3 nitrogen and oxygen atoms in total. The number of hydrogen-bond donors (Lipinski definition) is 1. The van der Waals surface area contributed by atoms with E-state index in [0.717, 1.165) is 31.5 Å². The van der Waals surface area contributed by atoms with E-state index in [2.05, 4.69) is 23.7 Å². The fourth-order valence-electron chi connectivity index (χ4n) is 3.34. The van der Waals surface area contributed by atoms with Gasteiger partial charge in [0.2, 0.25) is 0 Å². The van der Waals surface area contributed by atoms with Crippen molar-refractivity contribution in [1.82, 2.24) is 4.90 Å². The van der Waals surface area contributed by atoms with Gasteiger partial charge in [0.15, 0.2) is 5.96 Å². The highest BCUT2D eigenvalue weighted by Gasteiger charge is 2.31. The van der Waals surface area contributed by atoms with Crippen LogP contribution in [0.1, 0.15) is 58.8 Å². The molecule has 0 aromatic heterocycles. The number of aliphatic imine (C=N–C) groups is 1. The standard InChI is InChI=1S/C15H29N3/c1-15(2,13-8-4-5-9-13)12-17-14(16)18-10-6-3-7-11-18/h13H,3-12H2,1-2H3,(H2,16,17). The molecule has 1 saturated heterocycles. The van der Waals surface area contributed by atoms with Crippen LogP contribution in [0.25, 0.3) is 0 Å². The zero-order valence-electron chi connectivity index (χ0n) is 12.1. The van der Waals surface area contributed by atoms with Gasteiger partial charge in [0.05, 0.1) is 0 Å². The van der Waals surface area contributed by atoms with Crippen LogP contribution in [0, 0.1) is 11.3 Å². The van der Waals surface area contributed by atoms with Gasteiger partial charge in [-0.05, 0) is 43.4 Å². The van der Waals surface area contributed by atoms with Crippen molar-refractivity contribution in [2.45, 2.75) is 58.8 Å². The number of guanidine groups is 1. The minimum atomic E-state index is 0.316. The summed E-state index contributed by atoms with van der Waals surface area (Å²) in [6.07, 6.45) is 9.44. The Hall–Kier alpha value is -0.730. The Balaban J connectivity index is 1.87. The molecule has 0 atom stereocenters. The predicted molar refractivity (Wildman–Crippen MR) is 77.7 cm³/mol. The van der Waals surface area contributed by atoms with Crippen molar-refractivity contribution in [2.75, 3.05) is 19.6 Å². The molecule has 1 saturated carbocycles. The Morgan fingerprint density at radius 3 is 2.33 bits per heavy atom. The van der Waals surface area contributed by atoms with E-state index in [1.165, 1.54) is 44.9 Å². The van der Waals surface area contributed by atoms with Crippen molar-refractivity contribution in [2.24, 2.45) is 22.1 Å². The summed E-state index contributed by atoms with van der Waals surface area (Å²) >= 11 is 0. The maximum Gasteiger partial charge on any atom is 0.191 e. The summed E-state index contributed by atoms with van der Waals surface area (Å²) in [5, 5.41) is 0. The summed E-state index contributed by atoms with van der Waals surface area (Å²) in [7, 11) is 0. The number of nitrogens with two attached hydrogens (primary N) is 1. The van der Waals surface area contributed by atoms with Gasteiger partial charge in [0, 0.05) is 19.6 Å². The van der Waals surface area contributed by atoms with Crippen LogP contribution >= 0.6 is 0 Å². The number of nitrogens with zero attached hydrogens (tertiary/aromatic N) is 2. The van der Waals surface area contributed by atoms with Gasteiger partial charge in [-0.1, -0.05) is 26.7 Å². The highest BCUT2D eigenvalue weighted by molar-refractivity contribution is 5.78. The van der Waals surface area contributed by atoms with Gasteiger partial charge in [-0.2, -0.15) is 0 Å². The predicted octanol–water partition coefficient (Wildman–Crippen LogP) is 3.00. The Kier molecular flexibility index (Phi) is 4.52. The van der Waals surface area contributed by atoms with Gasteiger partial charge in [0.1, 0.15) is 0 Å². The second-order valence-corrected chi connectivity index (χ2v) is 6.69. The van der Waals surface area contributed by atoms with Crippen LogP contribution in [0.5, 0.6) is 0 Å². The lowest BCUT2D eigenvalue weighted by Gasteiger charge is -2.32. The average molecular weight is 251 g/mol. The van der Waals surface area contributed by atoms with E-state index in [4.69, 9.17) is 5.73 Å². The highest BCUT2D eigenvalue weighted by atomic mass is 15.3. The minimum Gasteiger partial charge on any atom is -0.370 e. The molecule has 2 fully saturated rings. The summed E-state index contributed by atoms with van der Waals surface area (Å²) < 4.78 is 0. The molecule has 2 N–H and O–H groups in total. The molecule has 18 heavy (non-hydrogen) atoms. The van der Waals surface area contributed by atoms with Crippen molar-refractivity contribution in [1.29, 1.82) is 0 Å². The van der Waals surface area contributed by atoms with Gasteiger partial charge >= 0.3 is 0 Å². The minimum absolute atomic E-state index is 0.316. The van der Waals surface area contributed by atoms with E-state index in [9.17, 15) is 0 Å². The van der Waals surface area contributed by atoms with Crippen molar-refractivity contribution >= 4 is 5.96 Å². The molecular weight excluding hydrogens is 222 g/mol. The van der Waals surface area contributed by atoms with Crippen molar-refractivity contribution in [3.05, 3.63) is 0 Å². The topological polar surface area (TPSA) is 41.6 Å². The van der Waals surface area contributed by atoms with E-state index in [1.807, 2.05) is 0 Å². The molecule has 0 amide bonds. The highest BCUT2D eigenvalue weighted by Crippen LogP contribution is 2.39. The first-order chi connectivity index (χ1) is 8.59. The number of rotatable bonds is 3. The molecule has 1 heterocycles. The van der Waals surface area contributed by atoms with E-state index in [1.54, 1.807) is 0 Å². The van der Waals surface area contributed by atoms with Gasteiger partial charge in [-0.15, -0.1) is 0 Å². The quantitative estimate of drug-likeness (QED) is 0.619. The molecule has 1 aliphatic heterocycles. The molecule has 2 aliphatic rings. The Labute approximate surface area is 112 Å². The fourth-order valence-corrected chi connectivity index (χ4v) is 3.34. The van der Waals surface area contributed by atoms with Crippen LogP contribution in [-0.4, -0.2) is 30.5 Å². The molecule has 0 aromatic rings. The van der Waals surface area contributed by atoms with Crippen LogP contribution < -0.4 is 5.73 Å². The van der Waals surface area contributed by atoms with E-state index in [-0.39, 0.29) is 0 Å². The Morgan fingerprint density at radius 1 is 1.11 bits per heavy atom. The summed E-state index contributed by atoms with van der Waals surface area (Å²) in [6.45, 7) is 7.80. The van der Waals surface area contributed by atoms with E-state index in [0.29, 0.717) is 5.41 Å². The number of hydrogen-bond acceptors (Lipinski definition) is 1. The SMILES string of the molecule is CC(C)(CN=C(N)N1CCCCC1)C1CCCC1. The van der Waals surface area contributed by atoms with Crippen LogP contribution in [0.15, 0.2) is 4.99 Å². The first-order valence-corrected chi connectivity index (χ1v) is 7.64. The van der Waals surface area contributed by atoms with Crippen LogP contribution in [0.3, 0.4) is 0 Å². The van der Waals surface area contributed by atoms with Gasteiger partial charge in [-0.25, -0.2) is 0 Å². The molecule has 2 rings (SSSR count). The third-order valence-corrected chi connectivity index (χ3v) is 4.79. The van der Waals surface area contributed by atoms with E-state index >= 15 is 0 Å². The molecule has 0 aromatic carbocycles. The summed E-state index contributed by atoms with van der Waals surface area (Å²) in [5.41, 5.74) is 6.45. The molecular formula is C15H29N3. The maximum absolute atomic E-state index is 6.13. The molecule has 0 radical (unpaired) electrons. The fraction of sp³-hybridized carbons (Fsp3) is 0.933. The summed E-state index contributed by atoms with van der Waals surface area (Å²) in [5.74, 6) is 1.62. The molecule has 3 heteroatoms. The van der Waals surface area contributed by atoms with Crippen LogP contribution in [0.4, 0.5) is 0 Å². The lowest BCUT2D eigenvalue weighted by molar-refractivity contribution is 0.226. The summed E-state index contributed by atoms with van der Waals surface area (Å²) in [4.78, 5) is 6.94. The first kappa shape index (κ1) is 13.7. The number of piperidine rings is 1. The molecule has 0 spiro atoms. The van der Waals surface area contributed by atoms with E-state index < -0.39 is 0 Å². The van der Waals surface area contributed by atoms with Gasteiger partial charge < -0.3 is 10.6 Å². The van der Waals surface area contributed by atoms with Crippen molar-refractivity contribution in [3.8, 4) is 0 Å². The first-order valence-electron chi connectivity index (χ1n) is 7.64. The molecule has 1 aliphatic carbocycles. The third-order valence-electron chi connectivity index (χ3n) is 4.79.